The fourth-order valence-electron chi connectivity index (χ4n) is 9.91. The molecule has 0 aliphatic heterocycles. The van der Waals surface area contributed by atoms with Gasteiger partial charge in [0.05, 0.1) is 30.3 Å². The molecule has 10 aromatic rings. The number of rotatable bonds is 8. The summed E-state index contributed by atoms with van der Waals surface area (Å²) in [5.41, 5.74) is -0.533. The number of esters is 2. The van der Waals surface area contributed by atoms with E-state index in [1.54, 1.807) is 60.7 Å². The minimum absolute atomic E-state index is 0.0444. The SMILES string of the molecule is O=C1C(=Cc2cc3sc4c(c3s2)C(C(=O)OCc2ccccc2)(C(=O)OCc2ccccc2)c2c-4sc3cc(C=C4C(=O)c5cc6cc(F)c(F)cc6cc5C4=O)sc23)C(=O)c2cc3cc(F)c(F)cc3cc21. The van der Waals surface area contributed by atoms with Crippen LogP contribution >= 0.6 is 45.3 Å². The van der Waals surface area contributed by atoms with Crippen molar-refractivity contribution in [1.82, 2.24) is 0 Å². The lowest BCUT2D eigenvalue weighted by Crippen LogP contribution is -2.45. The van der Waals surface area contributed by atoms with Crippen LogP contribution in [0.25, 0.3) is 62.3 Å². The van der Waals surface area contributed by atoms with E-state index in [0.29, 0.717) is 60.6 Å². The van der Waals surface area contributed by atoms with Gasteiger partial charge in [-0.25, -0.2) is 17.6 Å². The van der Waals surface area contributed by atoms with Crippen LogP contribution < -0.4 is 0 Å². The quantitative estimate of drug-likeness (QED) is 0.0485. The van der Waals surface area contributed by atoms with Crippen LogP contribution in [0.1, 0.15) is 73.4 Å². The van der Waals surface area contributed by atoms with Crippen LogP contribution in [0.5, 0.6) is 0 Å². The van der Waals surface area contributed by atoms with Gasteiger partial charge in [-0.3, -0.25) is 28.8 Å². The second-order valence-electron chi connectivity index (χ2n) is 17.6. The Hall–Kier alpha value is -8.02. The maximum absolute atomic E-state index is 15.5. The molecule has 3 aliphatic rings. The van der Waals surface area contributed by atoms with Crippen molar-refractivity contribution in [2.45, 2.75) is 18.6 Å². The number of benzene rings is 6. The summed E-state index contributed by atoms with van der Waals surface area (Å²) in [4.78, 5) is 88.6. The van der Waals surface area contributed by atoms with Gasteiger partial charge in [0.1, 0.15) is 13.2 Å². The minimum atomic E-state index is -2.25. The molecule has 0 amide bonds. The maximum atomic E-state index is 15.5. The molecule has 0 saturated heterocycles. The highest BCUT2D eigenvalue weighted by Gasteiger charge is 2.62. The molecule has 354 valence electrons. The summed E-state index contributed by atoms with van der Waals surface area (Å²) in [6.45, 7) is -0.416. The molecule has 13 rings (SSSR count). The number of halogens is 4. The monoisotopic (exact) mass is 1040 g/mol. The van der Waals surface area contributed by atoms with Crippen LogP contribution in [0.2, 0.25) is 0 Å². The van der Waals surface area contributed by atoms with Crippen LogP contribution in [0.3, 0.4) is 0 Å². The number of ether oxygens (including phenoxy) is 2. The van der Waals surface area contributed by atoms with Crippen molar-refractivity contribution < 1.29 is 55.8 Å². The van der Waals surface area contributed by atoms with E-state index in [0.717, 1.165) is 46.9 Å². The molecule has 6 aromatic carbocycles. The first-order valence-corrected chi connectivity index (χ1v) is 25.6. The van der Waals surface area contributed by atoms with Crippen LogP contribution in [0.15, 0.2) is 132 Å². The Bertz CT molecular complexity index is 3870. The predicted molar refractivity (Wildman–Crippen MR) is 273 cm³/mol. The molecule has 3 aliphatic carbocycles. The van der Waals surface area contributed by atoms with Gasteiger partial charge in [-0.1, -0.05) is 60.7 Å². The van der Waals surface area contributed by atoms with E-state index in [1.165, 1.54) is 59.1 Å². The van der Waals surface area contributed by atoms with Crippen LogP contribution in [0.4, 0.5) is 17.6 Å². The number of allylic oxidation sites excluding steroid dienone is 2. The molecule has 0 bridgehead atoms. The summed E-state index contributed by atoms with van der Waals surface area (Å²) < 4.78 is 71.4. The summed E-state index contributed by atoms with van der Waals surface area (Å²) in [6.07, 6.45) is 2.88. The zero-order valence-electron chi connectivity index (χ0n) is 37.0. The number of carbonyl (C=O) groups is 6. The zero-order valence-corrected chi connectivity index (χ0v) is 40.3. The Labute approximate surface area is 424 Å². The first kappa shape index (κ1) is 44.9. The number of hydrogen-bond acceptors (Lipinski definition) is 12. The van der Waals surface area contributed by atoms with Gasteiger partial charge in [-0.2, -0.15) is 0 Å². The first-order chi connectivity index (χ1) is 35.3. The number of ketones is 4. The van der Waals surface area contributed by atoms with Gasteiger partial charge >= 0.3 is 11.9 Å². The van der Waals surface area contributed by atoms with Crippen molar-refractivity contribution in [2.24, 2.45) is 0 Å². The molecule has 0 N–H and O–H groups in total. The lowest BCUT2D eigenvalue weighted by atomic mass is 9.79. The second kappa shape index (κ2) is 16.5. The molecule has 16 heteroatoms. The van der Waals surface area contributed by atoms with E-state index in [9.17, 15) is 36.7 Å². The molecule has 0 atom stereocenters. The average molecular weight is 1040 g/mol. The molecular formula is C57H26F4O8S4. The van der Waals surface area contributed by atoms with Crippen LogP contribution in [-0.2, 0) is 37.7 Å². The molecule has 8 nitrogen and oxygen atoms in total. The van der Waals surface area contributed by atoms with Gasteiger partial charge in [0.15, 0.2) is 46.4 Å². The summed E-state index contributed by atoms with van der Waals surface area (Å²) in [6, 6.07) is 30.7. The van der Waals surface area contributed by atoms with Crippen molar-refractivity contribution in [1.29, 1.82) is 0 Å². The van der Waals surface area contributed by atoms with Crippen LogP contribution in [-0.4, -0.2) is 35.1 Å². The average Bonchev–Trinajstić information content (AvgIpc) is 4.26. The standard InChI is InChI=1S/C57H26F4O8S4/c58-39-15-27-11-33-34(12-28(27)16-40(39)59)48(63)37(47(33)62)19-31-21-43-51(70-31)45-53(72-43)54-46(57(45,55(66)68-23-25-7-3-1-4-8-25)56(67)69-24-26-9-5-2-6-10-26)52-44(73-54)22-32(71-52)20-38-49(64)35-13-29-17-41(60)42(61)18-30(29)14-36(35)50(38)65/h1-22H,23-24H2. The molecule has 0 radical (unpaired) electrons. The molecule has 0 spiro atoms. The van der Waals surface area contributed by atoms with E-state index in [2.05, 4.69) is 0 Å². The van der Waals surface area contributed by atoms with Gasteiger partial charge in [-0.05, 0) is 105 Å². The molecule has 73 heavy (non-hydrogen) atoms. The highest BCUT2D eigenvalue weighted by molar-refractivity contribution is 7.35. The van der Waals surface area contributed by atoms with E-state index >= 15 is 9.59 Å². The topological polar surface area (TPSA) is 121 Å². The maximum Gasteiger partial charge on any atom is 0.333 e. The molecule has 0 unspecified atom stereocenters. The predicted octanol–water partition coefficient (Wildman–Crippen LogP) is 13.8. The van der Waals surface area contributed by atoms with E-state index in [1.807, 2.05) is 12.1 Å². The van der Waals surface area contributed by atoms with Crippen molar-refractivity contribution >= 4 is 133 Å². The van der Waals surface area contributed by atoms with Gasteiger partial charge in [0.2, 0.25) is 5.41 Å². The largest absolute Gasteiger partial charge is 0.459 e. The smallest absolute Gasteiger partial charge is 0.333 e. The second-order valence-corrected chi connectivity index (χ2v) is 21.9. The van der Waals surface area contributed by atoms with Gasteiger partial charge in [0.25, 0.3) is 0 Å². The first-order valence-electron chi connectivity index (χ1n) is 22.3. The molecule has 0 fully saturated rings. The highest BCUT2D eigenvalue weighted by atomic mass is 32.1. The molecule has 0 saturated carbocycles. The van der Waals surface area contributed by atoms with Crippen molar-refractivity contribution in [3.8, 4) is 9.75 Å². The van der Waals surface area contributed by atoms with Gasteiger partial charge in [0, 0.05) is 52.5 Å². The summed E-state index contributed by atoms with van der Waals surface area (Å²) in [5, 5.41) is 0.983. The van der Waals surface area contributed by atoms with E-state index in [4.69, 9.17) is 9.47 Å². The fraction of sp³-hybridized carbons (Fsp3) is 0.0526. The summed E-state index contributed by atoms with van der Waals surface area (Å²) in [5.74, 6) is -8.65. The number of fused-ring (bicyclic) bond motifs is 11. The van der Waals surface area contributed by atoms with Gasteiger partial charge in [-0.15, -0.1) is 45.3 Å². The van der Waals surface area contributed by atoms with Gasteiger partial charge < -0.3 is 9.47 Å². The third kappa shape index (κ3) is 6.81. The Morgan fingerprint density at radius 3 is 1.11 bits per heavy atom. The Morgan fingerprint density at radius 2 is 0.781 bits per heavy atom. The minimum Gasteiger partial charge on any atom is -0.459 e. The number of hydrogen-bond donors (Lipinski definition) is 0. The summed E-state index contributed by atoms with van der Waals surface area (Å²) in [7, 11) is 0. The normalized spacial score (nSPS) is 14.4. The number of thiophene rings is 4. The third-order valence-electron chi connectivity index (χ3n) is 13.3. The number of carbonyl (C=O) groups excluding carboxylic acids is 6. The summed E-state index contributed by atoms with van der Waals surface area (Å²) >= 11 is 4.91. The van der Waals surface area contributed by atoms with Crippen molar-refractivity contribution in [3.63, 3.8) is 0 Å². The molecule has 4 aromatic heterocycles. The molecular weight excluding hydrogens is 1020 g/mol. The third-order valence-corrected chi connectivity index (χ3v) is 18.2. The lowest BCUT2D eigenvalue weighted by molar-refractivity contribution is -0.164. The molecule has 4 heterocycles. The fourth-order valence-corrected chi connectivity index (χ4v) is 15.5. The zero-order chi connectivity index (χ0) is 50.2. The lowest BCUT2D eigenvalue weighted by Gasteiger charge is -2.27. The Morgan fingerprint density at radius 1 is 0.452 bits per heavy atom. The van der Waals surface area contributed by atoms with Crippen molar-refractivity contribution in [3.05, 3.63) is 210 Å². The number of Topliss-reactive ketones (excluding diaryl/α,β-unsaturated/α-hetero) is 4. The van der Waals surface area contributed by atoms with E-state index < -0.39 is 63.8 Å². The van der Waals surface area contributed by atoms with Crippen molar-refractivity contribution in [2.75, 3.05) is 0 Å². The van der Waals surface area contributed by atoms with E-state index in [-0.39, 0.29) is 68.2 Å². The van der Waals surface area contributed by atoms with Crippen LogP contribution in [0, 0.1) is 23.3 Å². The Kier molecular flexibility index (Phi) is 10.2. The highest BCUT2D eigenvalue weighted by Crippen LogP contribution is 2.63. The Balaban J connectivity index is 0.958.